The number of thioether (sulfide) groups is 1. The van der Waals surface area contributed by atoms with Gasteiger partial charge in [-0.2, -0.15) is 0 Å². The average molecular weight is 459 g/mol. The van der Waals surface area contributed by atoms with Gasteiger partial charge in [0.05, 0.1) is 18.6 Å². The zero-order valence-corrected chi connectivity index (χ0v) is 18.6. The molecule has 0 bridgehead atoms. The van der Waals surface area contributed by atoms with Crippen LogP contribution in [0, 0.1) is 5.82 Å². The van der Waals surface area contributed by atoms with Gasteiger partial charge in [-0.1, -0.05) is 24.3 Å². The second kappa shape index (κ2) is 10.3. The lowest BCUT2D eigenvalue weighted by Gasteiger charge is -2.18. The molecule has 2 aromatic carbocycles. The highest BCUT2D eigenvalue weighted by Gasteiger charge is 2.41. The number of hydrogen-bond acceptors (Lipinski definition) is 7. The normalized spacial score (nSPS) is 15.8. The van der Waals surface area contributed by atoms with Crippen molar-refractivity contribution >= 4 is 35.0 Å². The Labute approximate surface area is 189 Å². The zero-order valence-electron chi connectivity index (χ0n) is 17.8. The highest BCUT2D eigenvalue weighted by atomic mass is 32.2. The molecule has 1 atom stereocenters. The molecule has 9 heteroatoms. The highest BCUT2D eigenvalue weighted by Crippen LogP contribution is 2.36. The standard InChI is InChI=1S/C23H22FNO6S/c1-4-30-19-11-15(9-10-18(19)31-13-16-7-5-6-8-17(16)24)12-20-21(26)25(23(28)32-20)14(2)22(27)29-3/h5-12,14H,4,13H2,1-3H3/b20-12+. The quantitative estimate of drug-likeness (QED) is 0.427. The van der Waals surface area contributed by atoms with Crippen molar-refractivity contribution in [3.8, 4) is 11.5 Å². The van der Waals surface area contributed by atoms with Crippen LogP contribution in [0.4, 0.5) is 9.18 Å². The lowest BCUT2D eigenvalue weighted by atomic mass is 10.1. The highest BCUT2D eigenvalue weighted by molar-refractivity contribution is 8.18. The fraction of sp³-hybridized carbons (Fsp3) is 0.261. The first-order valence-corrected chi connectivity index (χ1v) is 10.6. The Bertz CT molecular complexity index is 1070. The molecular weight excluding hydrogens is 437 g/mol. The molecule has 2 aromatic rings. The summed E-state index contributed by atoms with van der Waals surface area (Å²) in [6.45, 7) is 3.63. The van der Waals surface area contributed by atoms with Gasteiger partial charge in [-0.25, -0.2) is 9.18 Å². The molecule has 3 rings (SSSR count). The minimum absolute atomic E-state index is 0.0242. The molecule has 0 aliphatic carbocycles. The Balaban J connectivity index is 1.81. The van der Waals surface area contributed by atoms with Crippen LogP contribution in [0.1, 0.15) is 25.0 Å². The number of imide groups is 1. The number of benzene rings is 2. The summed E-state index contributed by atoms with van der Waals surface area (Å²) in [4.78, 5) is 37.7. The Kier molecular flexibility index (Phi) is 7.53. The summed E-state index contributed by atoms with van der Waals surface area (Å²) in [6.07, 6.45) is 1.54. The van der Waals surface area contributed by atoms with Gasteiger partial charge < -0.3 is 14.2 Å². The van der Waals surface area contributed by atoms with Crippen LogP contribution in [0.3, 0.4) is 0 Å². The van der Waals surface area contributed by atoms with Crippen LogP contribution in [0.5, 0.6) is 11.5 Å². The Morgan fingerprint density at radius 1 is 1.16 bits per heavy atom. The molecule has 1 heterocycles. The van der Waals surface area contributed by atoms with E-state index in [1.165, 1.54) is 26.2 Å². The maximum absolute atomic E-state index is 13.8. The van der Waals surface area contributed by atoms with E-state index in [-0.39, 0.29) is 17.3 Å². The van der Waals surface area contributed by atoms with Crippen molar-refractivity contribution in [3.05, 3.63) is 64.3 Å². The van der Waals surface area contributed by atoms with E-state index in [4.69, 9.17) is 9.47 Å². The summed E-state index contributed by atoms with van der Waals surface area (Å²) >= 11 is 0.742. The number of carbonyl (C=O) groups is 3. The molecule has 1 aliphatic rings. The molecule has 7 nitrogen and oxygen atoms in total. The van der Waals surface area contributed by atoms with E-state index >= 15 is 0 Å². The summed E-state index contributed by atoms with van der Waals surface area (Å²) in [5.74, 6) is -0.780. The van der Waals surface area contributed by atoms with Crippen LogP contribution in [-0.4, -0.2) is 41.8 Å². The minimum Gasteiger partial charge on any atom is -0.490 e. The predicted molar refractivity (Wildman–Crippen MR) is 118 cm³/mol. The Morgan fingerprint density at radius 3 is 2.59 bits per heavy atom. The van der Waals surface area contributed by atoms with Crippen molar-refractivity contribution in [3.63, 3.8) is 0 Å². The van der Waals surface area contributed by atoms with E-state index in [0.29, 0.717) is 29.2 Å². The molecular formula is C23H22FNO6S. The first-order chi connectivity index (χ1) is 15.3. The van der Waals surface area contributed by atoms with E-state index in [2.05, 4.69) is 4.74 Å². The van der Waals surface area contributed by atoms with Crippen LogP contribution < -0.4 is 9.47 Å². The second-order valence-corrected chi connectivity index (χ2v) is 7.76. The van der Waals surface area contributed by atoms with Crippen LogP contribution in [-0.2, 0) is 20.9 Å². The number of esters is 1. The van der Waals surface area contributed by atoms with Crippen LogP contribution >= 0.6 is 11.8 Å². The summed E-state index contributed by atoms with van der Waals surface area (Å²) in [7, 11) is 1.19. The Hall–Kier alpha value is -3.33. The summed E-state index contributed by atoms with van der Waals surface area (Å²) in [5.41, 5.74) is 1.01. The number of hydrogen-bond donors (Lipinski definition) is 0. The van der Waals surface area contributed by atoms with Crippen molar-refractivity contribution in [2.75, 3.05) is 13.7 Å². The van der Waals surface area contributed by atoms with Gasteiger partial charge in [-0.3, -0.25) is 14.5 Å². The molecule has 1 saturated heterocycles. The summed E-state index contributed by atoms with van der Waals surface area (Å²) < 4.78 is 29.8. The van der Waals surface area contributed by atoms with Crippen molar-refractivity contribution in [1.82, 2.24) is 4.90 Å². The maximum Gasteiger partial charge on any atom is 0.328 e. The third kappa shape index (κ3) is 5.11. The first-order valence-electron chi connectivity index (χ1n) is 9.83. The topological polar surface area (TPSA) is 82.1 Å². The third-order valence-electron chi connectivity index (χ3n) is 4.66. The van der Waals surface area contributed by atoms with E-state index in [1.54, 1.807) is 36.4 Å². The fourth-order valence-corrected chi connectivity index (χ4v) is 3.92. The van der Waals surface area contributed by atoms with E-state index in [0.717, 1.165) is 16.7 Å². The molecule has 1 unspecified atom stereocenters. The summed E-state index contributed by atoms with van der Waals surface area (Å²) in [6, 6.07) is 10.3. The molecule has 0 aromatic heterocycles. The van der Waals surface area contributed by atoms with Gasteiger partial charge in [0.2, 0.25) is 0 Å². The van der Waals surface area contributed by atoms with Gasteiger partial charge in [-0.05, 0) is 55.4 Å². The lowest BCUT2D eigenvalue weighted by Crippen LogP contribution is -2.42. The Morgan fingerprint density at radius 2 is 1.91 bits per heavy atom. The van der Waals surface area contributed by atoms with Gasteiger partial charge in [0, 0.05) is 5.56 Å². The number of carbonyl (C=O) groups excluding carboxylic acids is 3. The van der Waals surface area contributed by atoms with Gasteiger partial charge in [0.1, 0.15) is 18.5 Å². The van der Waals surface area contributed by atoms with E-state index in [1.807, 2.05) is 6.92 Å². The molecule has 0 spiro atoms. The summed E-state index contributed by atoms with van der Waals surface area (Å²) in [5, 5.41) is -0.547. The number of methoxy groups -OCH3 is 1. The SMILES string of the molecule is CCOc1cc(/C=C2/SC(=O)N(C(C)C(=O)OC)C2=O)ccc1OCc1ccccc1F. The maximum atomic E-state index is 13.8. The van der Waals surface area contributed by atoms with Crippen molar-refractivity contribution in [2.45, 2.75) is 26.5 Å². The third-order valence-corrected chi connectivity index (χ3v) is 5.54. The van der Waals surface area contributed by atoms with Crippen molar-refractivity contribution < 1.29 is 33.0 Å². The van der Waals surface area contributed by atoms with Crippen LogP contribution in [0.2, 0.25) is 0 Å². The first kappa shape index (κ1) is 23.3. The van der Waals surface area contributed by atoms with Crippen molar-refractivity contribution in [2.24, 2.45) is 0 Å². The molecule has 0 radical (unpaired) electrons. The molecule has 0 saturated carbocycles. The van der Waals surface area contributed by atoms with Crippen molar-refractivity contribution in [1.29, 1.82) is 0 Å². The second-order valence-electron chi connectivity index (χ2n) is 6.77. The minimum atomic E-state index is -1.02. The molecule has 2 amide bonds. The number of rotatable bonds is 8. The molecule has 168 valence electrons. The predicted octanol–water partition coefficient (Wildman–Crippen LogP) is 4.40. The number of halogens is 1. The van der Waals surface area contributed by atoms with Gasteiger partial charge in [0.15, 0.2) is 11.5 Å². The lowest BCUT2D eigenvalue weighted by molar-refractivity contribution is -0.148. The molecule has 1 aliphatic heterocycles. The van der Waals surface area contributed by atoms with Gasteiger partial charge in [0.25, 0.3) is 11.1 Å². The average Bonchev–Trinajstić information content (AvgIpc) is 3.06. The number of nitrogens with zero attached hydrogens (tertiary/aromatic N) is 1. The molecule has 32 heavy (non-hydrogen) atoms. The van der Waals surface area contributed by atoms with E-state index in [9.17, 15) is 18.8 Å². The molecule has 1 fully saturated rings. The largest absolute Gasteiger partial charge is 0.490 e. The van der Waals surface area contributed by atoms with Crippen LogP contribution in [0.15, 0.2) is 47.4 Å². The number of ether oxygens (including phenoxy) is 3. The van der Waals surface area contributed by atoms with E-state index < -0.39 is 23.2 Å². The van der Waals surface area contributed by atoms with Crippen LogP contribution in [0.25, 0.3) is 6.08 Å². The zero-order chi connectivity index (χ0) is 23.3. The fourth-order valence-electron chi connectivity index (χ4n) is 3.01. The monoisotopic (exact) mass is 459 g/mol. The number of amides is 2. The van der Waals surface area contributed by atoms with Gasteiger partial charge >= 0.3 is 5.97 Å². The van der Waals surface area contributed by atoms with Gasteiger partial charge in [-0.15, -0.1) is 0 Å². The smallest absolute Gasteiger partial charge is 0.328 e. The molecule has 0 N–H and O–H groups in total.